The number of anilines is 1. The van der Waals surface area contributed by atoms with Crippen molar-refractivity contribution in [1.29, 1.82) is 0 Å². The maximum Gasteiger partial charge on any atom is 0.407 e. The highest BCUT2D eigenvalue weighted by molar-refractivity contribution is 5.98. The number of amides is 2. The van der Waals surface area contributed by atoms with E-state index in [-0.39, 0.29) is 43.3 Å². The average molecular weight is 794 g/mol. The molecule has 11 nitrogen and oxygen atoms in total. The number of carbonyl (C=O) groups is 3. The minimum Gasteiger partial charge on any atom is -0.461 e. The van der Waals surface area contributed by atoms with Gasteiger partial charge in [0.1, 0.15) is 12.2 Å². The number of esters is 1. The number of unbranched alkanes of at least 4 members (excludes halogenated alkanes) is 1. The average Bonchev–Trinajstić information content (AvgIpc) is 3.47. The van der Waals surface area contributed by atoms with E-state index in [0.717, 1.165) is 22.8 Å². The van der Waals surface area contributed by atoms with Crippen LogP contribution in [0.3, 0.4) is 0 Å². The van der Waals surface area contributed by atoms with Gasteiger partial charge in [0.05, 0.1) is 24.2 Å². The van der Waals surface area contributed by atoms with E-state index < -0.39 is 35.9 Å². The predicted molar refractivity (Wildman–Crippen MR) is 225 cm³/mol. The van der Waals surface area contributed by atoms with Crippen LogP contribution in [0.1, 0.15) is 94.7 Å². The zero-order valence-electron chi connectivity index (χ0n) is 33.9. The molecule has 5 N–H and O–H groups in total. The van der Waals surface area contributed by atoms with Crippen LogP contribution in [0.2, 0.25) is 0 Å². The van der Waals surface area contributed by atoms with Crippen molar-refractivity contribution < 1.29 is 39.2 Å². The summed E-state index contributed by atoms with van der Waals surface area (Å²) < 4.78 is 10.9. The lowest BCUT2D eigenvalue weighted by molar-refractivity contribution is -0.145. The Balaban J connectivity index is 1.05. The second-order valence-electron chi connectivity index (χ2n) is 16.3. The van der Waals surface area contributed by atoms with Gasteiger partial charge < -0.3 is 35.4 Å². The second-order valence-corrected chi connectivity index (χ2v) is 16.3. The summed E-state index contributed by atoms with van der Waals surface area (Å²) in [4.78, 5) is 42.8. The molecule has 310 valence electrons. The van der Waals surface area contributed by atoms with Gasteiger partial charge in [-0.15, -0.1) is 0 Å². The summed E-state index contributed by atoms with van der Waals surface area (Å²) in [5, 5.41) is 39.4. The molecule has 58 heavy (non-hydrogen) atoms. The minimum atomic E-state index is -0.735. The standard InChI is InChI=1S/C47H59N3O8/c1-47(2,3)58-46(56)49-30-41(45(55)50-37-21-20-36-29-48-26-25-35(36)27-37)34-18-15-33(16-19-34)31-57-44(54)14-10-5-4-9-13-39-40(43(53)28-42(39)52)24-23-38(51)22-17-32-11-7-6-8-12-32/h4,6-9,11-12,15-16,18-21,25-27,29,38-43,51-53H,5,10,13-14,17,22-24,28,30-31H2,1-3H3,(H,49,56)(H,50,55). The Hall–Kier alpha value is -5.10. The molecule has 3 aromatic carbocycles. The number of rotatable bonds is 19. The Morgan fingerprint density at radius 1 is 0.897 bits per heavy atom. The second kappa shape index (κ2) is 21.6. The normalized spacial score (nSPS) is 19.1. The number of ether oxygens (including phenoxy) is 2. The van der Waals surface area contributed by atoms with Crippen molar-refractivity contribution in [2.45, 2.75) is 115 Å². The van der Waals surface area contributed by atoms with Gasteiger partial charge in [0.15, 0.2) is 0 Å². The van der Waals surface area contributed by atoms with Crippen molar-refractivity contribution in [2.24, 2.45) is 11.8 Å². The van der Waals surface area contributed by atoms with Crippen LogP contribution in [0.15, 0.2) is 103 Å². The molecule has 0 radical (unpaired) electrons. The molecule has 0 saturated heterocycles. The number of aliphatic hydroxyl groups excluding tert-OH is 3. The quantitative estimate of drug-likeness (QED) is 0.0362. The number of aromatic nitrogens is 1. The van der Waals surface area contributed by atoms with E-state index >= 15 is 0 Å². The molecular weight excluding hydrogens is 735 g/mol. The Bertz CT molecular complexity index is 1950. The number of benzene rings is 3. The van der Waals surface area contributed by atoms with Gasteiger partial charge >= 0.3 is 12.1 Å². The van der Waals surface area contributed by atoms with Crippen molar-refractivity contribution in [3.63, 3.8) is 0 Å². The molecule has 1 fully saturated rings. The third-order valence-corrected chi connectivity index (χ3v) is 10.6. The smallest absolute Gasteiger partial charge is 0.407 e. The highest BCUT2D eigenvalue weighted by Crippen LogP contribution is 2.38. The highest BCUT2D eigenvalue weighted by atomic mass is 16.6. The van der Waals surface area contributed by atoms with E-state index in [4.69, 9.17) is 9.47 Å². The monoisotopic (exact) mass is 793 g/mol. The fourth-order valence-electron chi connectivity index (χ4n) is 7.48. The van der Waals surface area contributed by atoms with Gasteiger partial charge in [-0.3, -0.25) is 14.6 Å². The summed E-state index contributed by atoms with van der Waals surface area (Å²) in [7, 11) is 0. The largest absolute Gasteiger partial charge is 0.461 e. The Labute approximate surface area is 341 Å². The number of nitrogens with one attached hydrogen (secondary N) is 2. The minimum absolute atomic E-state index is 0.00447. The highest BCUT2D eigenvalue weighted by Gasteiger charge is 2.40. The van der Waals surface area contributed by atoms with E-state index in [9.17, 15) is 29.7 Å². The van der Waals surface area contributed by atoms with Gasteiger partial charge in [-0.25, -0.2) is 4.79 Å². The van der Waals surface area contributed by atoms with Gasteiger partial charge in [-0.1, -0.05) is 72.8 Å². The van der Waals surface area contributed by atoms with Crippen LogP contribution < -0.4 is 10.6 Å². The van der Waals surface area contributed by atoms with Gasteiger partial charge in [0, 0.05) is 36.4 Å². The van der Waals surface area contributed by atoms with Crippen LogP contribution in [0, 0.1) is 11.8 Å². The molecule has 0 bridgehead atoms. The fourth-order valence-corrected chi connectivity index (χ4v) is 7.48. The summed E-state index contributed by atoms with van der Waals surface area (Å²) in [5.41, 5.74) is 2.54. The fraction of sp³-hybridized carbons (Fsp3) is 0.447. The zero-order chi connectivity index (χ0) is 41.5. The molecule has 0 aliphatic heterocycles. The van der Waals surface area contributed by atoms with E-state index in [1.54, 1.807) is 63.5 Å². The number of allylic oxidation sites excluding steroid dienone is 2. The van der Waals surface area contributed by atoms with E-state index in [1.165, 1.54) is 5.56 Å². The van der Waals surface area contributed by atoms with Crippen LogP contribution in [0.5, 0.6) is 0 Å². The van der Waals surface area contributed by atoms with E-state index in [2.05, 4.69) is 27.8 Å². The van der Waals surface area contributed by atoms with Crippen molar-refractivity contribution in [2.75, 3.05) is 11.9 Å². The lowest BCUT2D eigenvalue weighted by Gasteiger charge is -2.23. The van der Waals surface area contributed by atoms with Crippen LogP contribution in [-0.4, -0.2) is 68.7 Å². The first kappa shape index (κ1) is 44.0. The summed E-state index contributed by atoms with van der Waals surface area (Å²) in [6.45, 7) is 5.39. The number of carbonyl (C=O) groups excluding carboxylic acids is 3. The van der Waals surface area contributed by atoms with E-state index in [1.807, 2.05) is 48.6 Å². The summed E-state index contributed by atoms with van der Waals surface area (Å²) in [6.07, 6.45) is 10.5. The molecule has 2 amide bonds. The number of hydrogen-bond donors (Lipinski definition) is 5. The predicted octanol–water partition coefficient (Wildman–Crippen LogP) is 7.77. The number of pyridine rings is 1. The molecule has 6 atom stereocenters. The van der Waals surface area contributed by atoms with Crippen LogP contribution >= 0.6 is 0 Å². The summed E-state index contributed by atoms with van der Waals surface area (Å²) >= 11 is 0. The topological polar surface area (TPSA) is 167 Å². The number of aliphatic hydroxyl groups is 3. The van der Waals surface area contributed by atoms with E-state index in [0.29, 0.717) is 56.2 Å². The molecule has 1 aliphatic rings. The summed E-state index contributed by atoms with van der Waals surface area (Å²) in [5.74, 6) is -1.50. The lowest BCUT2D eigenvalue weighted by Crippen LogP contribution is -2.37. The molecular formula is C47H59N3O8. The van der Waals surface area contributed by atoms with Crippen molar-refractivity contribution in [1.82, 2.24) is 10.3 Å². The number of fused-ring (bicyclic) bond motifs is 1. The number of aryl methyl sites for hydroxylation is 1. The Morgan fingerprint density at radius 3 is 2.41 bits per heavy atom. The van der Waals surface area contributed by atoms with Gasteiger partial charge in [-0.05, 0) is 124 Å². The van der Waals surface area contributed by atoms with Crippen molar-refractivity contribution in [3.05, 3.63) is 120 Å². The van der Waals surface area contributed by atoms with Crippen LogP contribution in [0.25, 0.3) is 10.8 Å². The Morgan fingerprint density at radius 2 is 1.66 bits per heavy atom. The van der Waals surface area contributed by atoms with Crippen molar-refractivity contribution >= 4 is 34.4 Å². The molecule has 1 aromatic heterocycles. The van der Waals surface area contributed by atoms with Gasteiger partial charge in [-0.2, -0.15) is 0 Å². The molecule has 0 spiro atoms. The maximum absolute atomic E-state index is 13.6. The van der Waals surface area contributed by atoms with Gasteiger partial charge in [0.25, 0.3) is 0 Å². The molecule has 1 heterocycles. The van der Waals surface area contributed by atoms with Crippen LogP contribution in [-0.2, 0) is 32.1 Å². The first-order chi connectivity index (χ1) is 27.8. The SMILES string of the molecule is CC(C)(C)OC(=O)NCC(C(=O)Nc1ccc2cnccc2c1)c1ccc(COC(=O)CCCC=CCC2C(O)CC(O)C2CCC(O)CCc2ccccc2)cc1. The molecule has 6 unspecified atom stereocenters. The first-order valence-corrected chi connectivity index (χ1v) is 20.4. The molecule has 1 aliphatic carbocycles. The zero-order valence-corrected chi connectivity index (χ0v) is 33.9. The van der Waals surface area contributed by atoms with Crippen LogP contribution in [0.4, 0.5) is 10.5 Å². The third-order valence-electron chi connectivity index (χ3n) is 10.6. The summed E-state index contributed by atoms with van der Waals surface area (Å²) in [6, 6.07) is 24.7. The first-order valence-electron chi connectivity index (χ1n) is 20.4. The molecule has 11 heteroatoms. The molecule has 4 aromatic rings. The Kier molecular flexibility index (Phi) is 16.4. The van der Waals surface area contributed by atoms with Gasteiger partial charge in [0.2, 0.25) is 5.91 Å². The number of hydrogen-bond acceptors (Lipinski definition) is 9. The third kappa shape index (κ3) is 14.1. The lowest BCUT2D eigenvalue weighted by atomic mass is 9.85. The molecule has 5 rings (SSSR count). The maximum atomic E-state index is 13.6. The number of alkyl carbamates (subject to hydrolysis) is 1. The number of nitrogens with zero attached hydrogens (tertiary/aromatic N) is 1. The van der Waals surface area contributed by atoms with Crippen molar-refractivity contribution in [3.8, 4) is 0 Å². The molecule has 1 saturated carbocycles.